The number of carbonyl (C=O) groups is 1. The predicted molar refractivity (Wildman–Crippen MR) is 126 cm³/mol. The molecule has 1 aromatic carbocycles. The lowest BCUT2D eigenvalue weighted by molar-refractivity contribution is -0.166. The van der Waals surface area contributed by atoms with Gasteiger partial charge in [0.1, 0.15) is 5.75 Å². The molecule has 1 aromatic rings. The molecule has 2 saturated carbocycles. The van der Waals surface area contributed by atoms with Gasteiger partial charge >= 0.3 is 5.97 Å². The maximum Gasteiger partial charge on any atom is 0.311 e. The smallest absolute Gasteiger partial charge is 0.311 e. The fourth-order valence-electron chi connectivity index (χ4n) is 7.07. The molecule has 0 unspecified atom stereocenters. The molecule has 0 heterocycles. The minimum absolute atomic E-state index is 0.0108. The number of allylic oxidation sites excluding steroid dienone is 3. The summed E-state index contributed by atoms with van der Waals surface area (Å²) in [6, 6.07) is 8.27. The highest BCUT2D eigenvalue weighted by Gasteiger charge is 2.58. The topological polar surface area (TPSA) is 35.5 Å². The molecular weight excluding hydrogens is 384 g/mol. The van der Waals surface area contributed by atoms with Gasteiger partial charge in [0.15, 0.2) is 0 Å². The van der Waals surface area contributed by atoms with Crippen molar-refractivity contribution in [3.05, 3.63) is 47.6 Å². The van der Waals surface area contributed by atoms with Crippen molar-refractivity contribution >= 4 is 12.0 Å². The third kappa shape index (κ3) is 3.85. The summed E-state index contributed by atoms with van der Waals surface area (Å²) in [6.07, 6.45) is 15.0. The lowest BCUT2D eigenvalue weighted by Crippen LogP contribution is -2.54. The van der Waals surface area contributed by atoms with Crippen molar-refractivity contribution in [1.82, 2.24) is 0 Å². The number of carbonyl (C=O) groups excluding carboxylic acids is 1. The molecule has 4 rings (SSSR count). The average Bonchev–Trinajstić information content (AvgIpc) is 2.77. The lowest BCUT2D eigenvalue weighted by atomic mass is 9.45. The minimum Gasteiger partial charge on any atom is -0.497 e. The quantitative estimate of drug-likeness (QED) is 0.394. The third-order valence-corrected chi connectivity index (χ3v) is 8.89. The predicted octanol–water partition coefficient (Wildman–Crippen LogP) is 6.83. The van der Waals surface area contributed by atoms with Crippen LogP contribution in [0.5, 0.6) is 5.75 Å². The Bertz CT molecular complexity index is 882. The van der Waals surface area contributed by atoms with Crippen LogP contribution in [0.2, 0.25) is 0 Å². The summed E-state index contributed by atoms with van der Waals surface area (Å²) in [5.74, 6) is 1.86. The zero-order chi connectivity index (χ0) is 22.3. The first-order valence-corrected chi connectivity index (χ1v) is 11.8. The Morgan fingerprint density at radius 1 is 1.06 bits per heavy atom. The maximum atomic E-state index is 12.7. The number of methoxy groups -OCH3 is 2. The second-order valence-electron chi connectivity index (χ2n) is 10.9. The standard InChI is InChI=1S/C28H38O3/c1-26(17-13-20-7-10-22(30-4)11-8-20)18-14-23-21(19-26)9-12-24-27(23,2)15-6-16-28(24,3)25(29)31-5/h7-11,13,17,23-24H,6,12,14-16,18-19H2,1-5H3/b17-13+/t23-,24+,26-,27+,28+/m0/s1. The number of ether oxygens (including phenoxy) is 2. The van der Waals surface area contributed by atoms with Gasteiger partial charge in [-0.05, 0) is 85.8 Å². The van der Waals surface area contributed by atoms with Gasteiger partial charge in [-0.25, -0.2) is 0 Å². The number of benzene rings is 1. The van der Waals surface area contributed by atoms with E-state index in [9.17, 15) is 4.79 Å². The molecule has 0 spiro atoms. The second-order valence-corrected chi connectivity index (χ2v) is 10.9. The summed E-state index contributed by atoms with van der Waals surface area (Å²) >= 11 is 0. The van der Waals surface area contributed by atoms with Crippen LogP contribution < -0.4 is 4.74 Å². The van der Waals surface area contributed by atoms with E-state index in [1.165, 1.54) is 24.8 Å². The Morgan fingerprint density at radius 3 is 2.48 bits per heavy atom. The molecule has 3 aliphatic rings. The Hall–Kier alpha value is -2.03. The highest BCUT2D eigenvalue weighted by molar-refractivity contribution is 5.77. The molecular formula is C28H38O3. The van der Waals surface area contributed by atoms with E-state index in [2.05, 4.69) is 51.1 Å². The number of hydrogen-bond donors (Lipinski definition) is 0. The van der Waals surface area contributed by atoms with Gasteiger partial charge in [-0.15, -0.1) is 0 Å². The normalized spacial score (nSPS) is 37.5. The van der Waals surface area contributed by atoms with Crippen LogP contribution in [0.4, 0.5) is 0 Å². The molecule has 168 valence electrons. The third-order valence-electron chi connectivity index (χ3n) is 8.89. The van der Waals surface area contributed by atoms with Gasteiger partial charge in [0.2, 0.25) is 0 Å². The number of rotatable bonds is 4. The fourth-order valence-corrected chi connectivity index (χ4v) is 7.07. The summed E-state index contributed by atoms with van der Waals surface area (Å²) in [5.41, 5.74) is 2.88. The highest BCUT2D eigenvalue weighted by atomic mass is 16.5. The molecule has 0 bridgehead atoms. The molecule has 2 fully saturated rings. The van der Waals surface area contributed by atoms with E-state index in [1.54, 1.807) is 19.8 Å². The van der Waals surface area contributed by atoms with Gasteiger partial charge in [0, 0.05) is 0 Å². The summed E-state index contributed by atoms with van der Waals surface area (Å²) < 4.78 is 10.5. The van der Waals surface area contributed by atoms with E-state index in [0.29, 0.717) is 11.8 Å². The van der Waals surface area contributed by atoms with Gasteiger partial charge in [-0.2, -0.15) is 0 Å². The Labute approximate surface area is 187 Å². The number of fused-ring (bicyclic) bond motifs is 3. The SMILES string of the molecule is COC(=O)[C@]1(C)CCC[C@@]2(C)[C@H]1CC=C1C[C@@](C)(/C=C/c3ccc(OC)cc3)CC[C@@H]12. The molecule has 3 heteroatoms. The van der Waals surface area contributed by atoms with Gasteiger partial charge in [0.25, 0.3) is 0 Å². The molecule has 0 N–H and O–H groups in total. The van der Waals surface area contributed by atoms with Gasteiger partial charge in [0.05, 0.1) is 19.6 Å². The first-order valence-electron chi connectivity index (χ1n) is 11.8. The highest BCUT2D eigenvalue weighted by Crippen LogP contribution is 2.64. The molecule has 0 saturated heterocycles. The van der Waals surface area contributed by atoms with E-state index in [1.807, 2.05) is 12.1 Å². The minimum atomic E-state index is -0.348. The van der Waals surface area contributed by atoms with Crippen molar-refractivity contribution in [3.63, 3.8) is 0 Å². The fraction of sp³-hybridized carbons (Fsp3) is 0.607. The molecule has 3 aliphatic carbocycles. The van der Waals surface area contributed by atoms with Crippen molar-refractivity contribution in [2.45, 2.75) is 65.7 Å². The zero-order valence-electron chi connectivity index (χ0n) is 19.9. The second kappa shape index (κ2) is 8.15. The molecule has 3 nitrogen and oxygen atoms in total. The van der Waals surface area contributed by atoms with Crippen LogP contribution in [0.1, 0.15) is 71.3 Å². The molecule has 31 heavy (non-hydrogen) atoms. The summed E-state index contributed by atoms with van der Waals surface area (Å²) in [7, 11) is 3.25. The Balaban J connectivity index is 1.55. The Morgan fingerprint density at radius 2 is 1.81 bits per heavy atom. The molecule has 0 aliphatic heterocycles. The van der Waals surface area contributed by atoms with Gasteiger partial charge in [-0.1, -0.05) is 56.2 Å². The van der Waals surface area contributed by atoms with E-state index in [0.717, 1.165) is 31.4 Å². The first kappa shape index (κ1) is 22.2. The van der Waals surface area contributed by atoms with Crippen LogP contribution in [0.25, 0.3) is 6.08 Å². The van der Waals surface area contributed by atoms with E-state index >= 15 is 0 Å². The van der Waals surface area contributed by atoms with E-state index < -0.39 is 0 Å². The summed E-state index contributed by atoms with van der Waals surface area (Å²) in [4.78, 5) is 12.7. The van der Waals surface area contributed by atoms with Crippen molar-refractivity contribution in [2.24, 2.45) is 28.1 Å². The lowest BCUT2D eigenvalue weighted by Gasteiger charge is -2.58. The zero-order valence-corrected chi connectivity index (χ0v) is 19.9. The average molecular weight is 423 g/mol. The van der Waals surface area contributed by atoms with E-state index in [-0.39, 0.29) is 22.2 Å². The Kier molecular flexibility index (Phi) is 5.83. The molecule has 0 aromatic heterocycles. The van der Waals surface area contributed by atoms with Crippen LogP contribution in [0, 0.1) is 28.1 Å². The van der Waals surface area contributed by atoms with E-state index in [4.69, 9.17) is 9.47 Å². The molecule has 0 amide bonds. The van der Waals surface area contributed by atoms with Crippen molar-refractivity contribution in [2.75, 3.05) is 14.2 Å². The van der Waals surface area contributed by atoms with Gasteiger partial charge in [-0.3, -0.25) is 4.79 Å². The van der Waals surface area contributed by atoms with Crippen molar-refractivity contribution in [3.8, 4) is 5.75 Å². The summed E-state index contributed by atoms with van der Waals surface area (Å²) in [6.45, 7) is 7.02. The molecule has 0 radical (unpaired) electrons. The summed E-state index contributed by atoms with van der Waals surface area (Å²) in [5, 5.41) is 0. The monoisotopic (exact) mass is 422 g/mol. The van der Waals surface area contributed by atoms with Gasteiger partial charge < -0.3 is 9.47 Å². The number of hydrogen-bond acceptors (Lipinski definition) is 3. The maximum absolute atomic E-state index is 12.7. The largest absolute Gasteiger partial charge is 0.497 e. The van der Waals surface area contributed by atoms with Crippen LogP contribution in [0.15, 0.2) is 42.0 Å². The van der Waals surface area contributed by atoms with Crippen LogP contribution >= 0.6 is 0 Å². The first-order chi connectivity index (χ1) is 14.7. The van der Waals surface area contributed by atoms with Crippen molar-refractivity contribution < 1.29 is 14.3 Å². The van der Waals surface area contributed by atoms with Crippen molar-refractivity contribution in [1.29, 1.82) is 0 Å². The van der Waals surface area contributed by atoms with Crippen LogP contribution in [0.3, 0.4) is 0 Å². The molecule has 5 atom stereocenters. The van der Waals surface area contributed by atoms with Crippen LogP contribution in [-0.4, -0.2) is 20.2 Å². The van der Waals surface area contributed by atoms with Crippen LogP contribution in [-0.2, 0) is 9.53 Å². The number of esters is 1.